The fourth-order valence-corrected chi connectivity index (χ4v) is 2.90. The average molecular weight is 281 g/mol. The molecule has 3 N–H and O–H groups in total. The van der Waals surface area contributed by atoms with Crippen molar-refractivity contribution in [2.75, 3.05) is 25.0 Å². The smallest absolute Gasteiger partial charge is 0.135 e. The molecule has 0 aromatic heterocycles. The molecule has 1 saturated heterocycles. The van der Waals surface area contributed by atoms with Crippen molar-refractivity contribution in [3.63, 3.8) is 0 Å². The number of nitrogens with one attached hydrogen (secondary N) is 1. The Labute approximate surface area is 119 Å². The Morgan fingerprint density at radius 3 is 3.05 bits per heavy atom. The summed E-state index contributed by atoms with van der Waals surface area (Å²) in [7, 11) is 0. The van der Waals surface area contributed by atoms with Crippen molar-refractivity contribution in [3.8, 4) is 0 Å². The van der Waals surface area contributed by atoms with Gasteiger partial charge in [-0.3, -0.25) is 4.90 Å². The molecule has 0 bridgehead atoms. The number of hydrogen-bond acceptors (Lipinski definition) is 3. The normalized spacial score (nSPS) is 19.6. The zero-order valence-corrected chi connectivity index (χ0v) is 12.0. The summed E-state index contributed by atoms with van der Waals surface area (Å²) in [5.41, 5.74) is 6.60. The number of rotatable bonds is 5. The fourth-order valence-electron chi connectivity index (χ4n) is 2.69. The van der Waals surface area contributed by atoms with Crippen LogP contribution >= 0.6 is 12.2 Å². The van der Waals surface area contributed by atoms with Crippen molar-refractivity contribution in [3.05, 3.63) is 29.6 Å². The standard InChI is InChI=1S/C14H20FN3S/c1-2-18-8-4-5-10(18)9-17-12-7-3-6-11(15)13(12)14(16)19/h3,6-7,10,17H,2,4-5,8-9H2,1H3,(H2,16,19). The van der Waals surface area contributed by atoms with Crippen LogP contribution in [0.15, 0.2) is 18.2 Å². The molecule has 19 heavy (non-hydrogen) atoms. The molecule has 1 heterocycles. The predicted octanol–water partition coefficient (Wildman–Crippen LogP) is 2.36. The van der Waals surface area contributed by atoms with Crippen LogP contribution in [0, 0.1) is 5.82 Å². The Kier molecular flexibility index (Phi) is 4.71. The maximum Gasteiger partial charge on any atom is 0.135 e. The molecule has 0 radical (unpaired) electrons. The van der Waals surface area contributed by atoms with E-state index >= 15 is 0 Å². The maximum absolute atomic E-state index is 13.7. The fraction of sp³-hybridized carbons (Fsp3) is 0.500. The zero-order chi connectivity index (χ0) is 13.8. The molecule has 1 atom stereocenters. The number of nitrogens with two attached hydrogens (primary N) is 1. The van der Waals surface area contributed by atoms with Crippen molar-refractivity contribution in [1.82, 2.24) is 4.90 Å². The second kappa shape index (κ2) is 6.30. The Bertz CT molecular complexity index is 464. The molecule has 0 saturated carbocycles. The Morgan fingerprint density at radius 2 is 2.37 bits per heavy atom. The summed E-state index contributed by atoms with van der Waals surface area (Å²) in [4.78, 5) is 2.53. The molecule has 1 aliphatic heterocycles. The third-order valence-electron chi connectivity index (χ3n) is 3.69. The highest BCUT2D eigenvalue weighted by molar-refractivity contribution is 7.80. The van der Waals surface area contributed by atoms with Crippen LogP contribution in [0.2, 0.25) is 0 Å². The van der Waals surface area contributed by atoms with Gasteiger partial charge in [-0.05, 0) is 38.1 Å². The van der Waals surface area contributed by atoms with Gasteiger partial charge in [0, 0.05) is 18.3 Å². The lowest BCUT2D eigenvalue weighted by Gasteiger charge is -2.24. The zero-order valence-electron chi connectivity index (χ0n) is 11.2. The molecule has 104 valence electrons. The number of thiocarbonyl (C=S) groups is 1. The Morgan fingerprint density at radius 1 is 1.58 bits per heavy atom. The highest BCUT2D eigenvalue weighted by atomic mass is 32.1. The lowest BCUT2D eigenvalue weighted by atomic mass is 10.1. The first-order valence-electron chi connectivity index (χ1n) is 6.69. The molecular formula is C14H20FN3S. The van der Waals surface area contributed by atoms with Crippen LogP contribution in [0.3, 0.4) is 0 Å². The lowest BCUT2D eigenvalue weighted by molar-refractivity contribution is 0.277. The molecule has 0 aliphatic carbocycles. The van der Waals surface area contributed by atoms with Crippen LogP contribution < -0.4 is 11.1 Å². The monoisotopic (exact) mass is 281 g/mol. The number of halogens is 1. The summed E-state index contributed by atoms with van der Waals surface area (Å²) in [5.74, 6) is -0.365. The highest BCUT2D eigenvalue weighted by Crippen LogP contribution is 2.21. The molecule has 3 nitrogen and oxygen atoms in total. The summed E-state index contributed by atoms with van der Waals surface area (Å²) < 4.78 is 13.7. The van der Waals surface area contributed by atoms with Crippen LogP contribution in [0.5, 0.6) is 0 Å². The van der Waals surface area contributed by atoms with Gasteiger partial charge < -0.3 is 11.1 Å². The van der Waals surface area contributed by atoms with E-state index in [0.29, 0.717) is 17.3 Å². The Hall–Kier alpha value is -1.20. The van der Waals surface area contributed by atoms with E-state index in [1.807, 2.05) is 6.07 Å². The summed E-state index contributed by atoms with van der Waals surface area (Å²) in [6, 6.07) is 5.38. The molecule has 1 aliphatic rings. The first-order valence-corrected chi connectivity index (χ1v) is 7.10. The summed E-state index contributed by atoms with van der Waals surface area (Å²) in [6.07, 6.45) is 2.41. The topological polar surface area (TPSA) is 41.3 Å². The van der Waals surface area contributed by atoms with E-state index in [1.54, 1.807) is 6.07 Å². The minimum absolute atomic E-state index is 0.0966. The summed E-state index contributed by atoms with van der Waals surface area (Å²) in [6.45, 7) is 5.17. The van der Waals surface area contributed by atoms with Gasteiger partial charge in [-0.25, -0.2) is 4.39 Å². The van der Waals surface area contributed by atoms with E-state index in [4.69, 9.17) is 18.0 Å². The van der Waals surface area contributed by atoms with Gasteiger partial charge in [0.25, 0.3) is 0 Å². The Balaban J connectivity index is 2.07. The van der Waals surface area contributed by atoms with Crippen LogP contribution in [0.4, 0.5) is 10.1 Å². The van der Waals surface area contributed by atoms with Crippen molar-refractivity contribution >= 4 is 22.9 Å². The second-order valence-electron chi connectivity index (χ2n) is 4.83. The molecule has 1 aromatic rings. The highest BCUT2D eigenvalue weighted by Gasteiger charge is 2.23. The van der Waals surface area contributed by atoms with E-state index in [9.17, 15) is 4.39 Å². The molecule has 0 amide bonds. The van der Waals surface area contributed by atoms with Crippen molar-refractivity contribution in [2.45, 2.75) is 25.8 Å². The van der Waals surface area contributed by atoms with Gasteiger partial charge in [-0.2, -0.15) is 0 Å². The van der Waals surface area contributed by atoms with E-state index in [-0.39, 0.29) is 10.8 Å². The number of benzene rings is 1. The van der Waals surface area contributed by atoms with Gasteiger partial charge in [0.1, 0.15) is 10.8 Å². The third kappa shape index (κ3) is 3.22. The summed E-state index contributed by atoms with van der Waals surface area (Å²) >= 11 is 4.92. The van der Waals surface area contributed by atoms with Gasteiger partial charge >= 0.3 is 0 Å². The molecular weight excluding hydrogens is 261 g/mol. The van der Waals surface area contributed by atoms with Gasteiger partial charge in [0.15, 0.2) is 0 Å². The average Bonchev–Trinajstić information content (AvgIpc) is 2.83. The van der Waals surface area contributed by atoms with Crippen LogP contribution in [-0.2, 0) is 0 Å². The van der Waals surface area contributed by atoms with E-state index in [1.165, 1.54) is 18.9 Å². The van der Waals surface area contributed by atoms with Crippen molar-refractivity contribution in [2.24, 2.45) is 5.73 Å². The van der Waals surface area contributed by atoms with Gasteiger partial charge in [0.05, 0.1) is 5.56 Å². The minimum Gasteiger partial charge on any atom is -0.389 e. The van der Waals surface area contributed by atoms with Crippen LogP contribution in [0.1, 0.15) is 25.3 Å². The molecule has 0 spiro atoms. The number of nitrogens with zero attached hydrogens (tertiary/aromatic N) is 1. The van der Waals surface area contributed by atoms with Gasteiger partial charge in [0.2, 0.25) is 0 Å². The lowest BCUT2D eigenvalue weighted by Crippen LogP contribution is -2.35. The van der Waals surface area contributed by atoms with Crippen molar-refractivity contribution in [1.29, 1.82) is 0 Å². The van der Waals surface area contributed by atoms with Crippen LogP contribution in [-0.4, -0.2) is 35.6 Å². The molecule has 1 aromatic carbocycles. The molecule has 1 fully saturated rings. The van der Waals surface area contributed by atoms with E-state index < -0.39 is 0 Å². The summed E-state index contributed by atoms with van der Waals surface area (Å²) in [5, 5.41) is 3.29. The number of anilines is 1. The first-order chi connectivity index (χ1) is 9.13. The third-order valence-corrected chi connectivity index (χ3v) is 3.90. The largest absolute Gasteiger partial charge is 0.389 e. The second-order valence-corrected chi connectivity index (χ2v) is 5.27. The van der Waals surface area contributed by atoms with E-state index in [0.717, 1.165) is 19.6 Å². The predicted molar refractivity (Wildman–Crippen MR) is 81.0 cm³/mol. The first kappa shape index (κ1) is 14.2. The molecule has 2 rings (SSSR count). The minimum atomic E-state index is -0.365. The van der Waals surface area contributed by atoms with E-state index in [2.05, 4.69) is 17.1 Å². The number of likely N-dealkylation sites (N-methyl/N-ethyl adjacent to an activating group) is 1. The SMILES string of the molecule is CCN1CCCC1CNc1cccc(F)c1C(N)=S. The van der Waals surface area contributed by atoms with Crippen molar-refractivity contribution < 1.29 is 4.39 Å². The maximum atomic E-state index is 13.7. The number of hydrogen-bond donors (Lipinski definition) is 2. The molecule has 1 unspecified atom stereocenters. The van der Waals surface area contributed by atoms with Gasteiger partial charge in [-0.15, -0.1) is 0 Å². The van der Waals surface area contributed by atoms with Crippen LogP contribution in [0.25, 0.3) is 0 Å². The number of likely N-dealkylation sites (tertiary alicyclic amines) is 1. The quantitative estimate of drug-likeness (QED) is 0.813. The molecule has 5 heteroatoms. The van der Waals surface area contributed by atoms with Gasteiger partial charge in [-0.1, -0.05) is 25.2 Å².